The number of urea groups is 1. The van der Waals surface area contributed by atoms with Gasteiger partial charge < -0.3 is 10.6 Å². The van der Waals surface area contributed by atoms with Gasteiger partial charge in [0.2, 0.25) is 0 Å². The van der Waals surface area contributed by atoms with Gasteiger partial charge in [0.05, 0.1) is 0 Å². The van der Waals surface area contributed by atoms with Crippen molar-refractivity contribution in [1.82, 2.24) is 15.1 Å². The van der Waals surface area contributed by atoms with Crippen LogP contribution in [0.2, 0.25) is 0 Å². The van der Waals surface area contributed by atoms with Crippen molar-refractivity contribution >= 4 is 23.5 Å². The van der Waals surface area contributed by atoms with Crippen molar-refractivity contribution < 1.29 is 14.4 Å². The Bertz CT molecular complexity index is 942. The van der Waals surface area contributed by atoms with E-state index in [4.69, 9.17) is 0 Å². The van der Waals surface area contributed by atoms with Crippen LogP contribution in [0, 0.1) is 0 Å². The molecule has 0 spiro atoms. The Morgan fingerprint density at radius 3 is 2.47 bits per heavy atom. The molecule has 0 aromatic heterocycles. The van der Waals surface area contributed by atoms with E-state index in [2.05, 4.69) is 15.5 Å². The Balaban J connectivity index is 1.62. The second kappa shape index (κ2) is 8.67. The zero-order chi connectivity index (χ0) is 21.9. The van der Waals surface area contributed by atoms with Crippen LogP contribution in [0.25, 0.3) is 0 Å². The van der Waals surface area contributed by atoms with E-state index in [0.717, 1.165) is 11.3 Å². The zero-order valence-corrected chi connectivity index (χ0v) is 17.8. The van der Waals surface area contributed by atoms with Gasteiger partial charge in [0.15, 0.2) is 0 Å². The van der Waals surface area contributed by atoms with Crippen molar-refractivity contribution in [1.29, 1.82) is 0 Å². The molecule has 4 amide bonds. The molecule has 0 aliphatic carbocycles. The van der Waals surface area contributed by atoms with Crippen LogP contribution in [0.4, 0.5) is 10.5 Å². The van der Waals surface area contributed by atoms with E-state index in [9.17, 15) is 14.4 Å². The maximum atomic E-state index is 12.4. The summed E-state index contributed by atoms with van der Waals surface area (Å²) in [6, 6.07) is 16.4. The fourth-order valence-corrected chi connectivity index (χ4v) is 3.40. The van der Waals surface area contributed by atoms with Gasteiger partial charge in [-0.2, -0.15) is 0 Å². The van der Waals surface area contributed by atoms with Gasteiger partial charge in [-0.15, -0.1) is 0 Å². The Kier molecular flexibility index (Phi) is 6.22. The van der Waals surface area contributed by atoms with Gasteiger partial charge in [0.1, 0.15) is 5.54 Å². The van der Waals surface area contributed by atoms with Crippen LogP contribution in [-0.4, -0.2) is 53.3 Å². The van der Waals surface area contributed by atoms with Crippen molar-refractivity contribution in [2.45, 2.75) is 32.4 Å². The van der Waals surface area contributed by atoms with Crippen LogP contribution in [0.15, 0.2) is 54.6 Å². The zero-order valence-electron chi connectivity index (χ0n) is 17.8. The van der Waals surface area contributed by atoms with Gasteiger partial charge in [-0.25, -0.2) is 4.79 Å². The van der Waals surface area contributed by atoms with Crippen molar-refractivity contribution in [3.8, 4) is 0 Å². The molecule has 1 heterocycles. The van der Waals surface area contributed by atoms with E-state index in [1.165, 1.54) is 4.90 Å². The molecule has 30 heavy (non-hydrogen) atoms. The summed E-state index contributed by atoms with van der Waals surface area (Å²) in [4.78, 5) is 40.1. The molecule has 2 N–H and O–H groups in total. The summed E-state index contributed by atoms with van der Waals surface area (Å²) in [5.41, 5.74) is 1.50. The molecule has 7 heteroatoms. The number of anilines is 1. The van der Waals surface area contributed by atoms with Gasteiger partial charge in [-0.1, -0.05) is 30.3 Å². The fraction of sp³-hybridized carbons (Fsp3) is 0.348. The number of hydrogen-bond donors (Lipinski definition) is 2. The number of hydrogen-bond acceptors (Lipinski definition) is 4. The number of imide groups is 1. The molecule has 0 saturated carbocycles. The first kappa shape index (κ1) is 21.5. The van der Waals surface area contributed by atoms with Crippen LogP contribution in [0.3, 0.4) is 0 Å². The molecule has 0 radical (unpaired) electrons. The number of nitrogens with one attached hydrogen (secondary N) is 2. The molecule has 1 aliphatic heterocycles. The molecule has 0 unspecified atom stereocenters. The molecular weight excluding hydrogens is 380 g/mol. The maximum absolute atomic E-state index is 12.4. The van der Waals surface area contributed by atoms with Crippen LogP contribution in [0.5, 0.6) is 0 Å². The summed E-state index contributed by atoms with van der Waals surface area (Å²) >= 11 is 0. The van der Waals surface area contributed by atoms with Crippen LogP contribution in [-0.2, 0) is 4.79 Å². The van der Waals surface area contributed by atoms with E-state index in [1.807, 2.05) is 56.4 Å². The van der Waals surface area contributed by atoms with E-state index >= 15 is 0 Å². The largest absolute Gasteiger partial charge is 0.325 e. The monoisotopic (exact) mass is 408 g/mol. The van der Waals surface area contributed by atoms with E-state index < -0.39 is 5.54 Å². The minimum absolute atomic E-state index is 0.0346. The quantitative estimate of drug-likeness (QED) is 0.689. The molecule has 0 bridgehead atoms. The average Bonchev–Trinajstić information content (AvgIpc) is 2.93. The Hall–Kier alpha value is -3.19. The maximum Gasteiger partial charge on any atom is 0.325 e. The number of benzene rings is 2. The average molecular weight is 409 g/mol. The number of amides is 4. The number of nitrogens with zero attached hydrogens (tertiary/aromatic N) is 2. The summed E-state index contributed by atoms with van der Waals surface area (Å²) < 4.78 is 0. The van der Waals surface area contributed by atoms with Crippen LogP contribution >= 0.6 is 0 Å². The van der Waals surface area contributed by atoms with Crippen LogP contribution < -0.4 is 10.6 Å². The summed E-state index contributed by atoms with van der Waals surface area (Å²) in [6.45, 7) is 6.31. The van der Waals surface area contributed by atoms with Crippen molar-refractivity contribution in [2.75, 3.05) is 25.5 Å². The minimum Gasteiger partial charge on any atom is -0.324 e. The summed E-state index contributed by atoms with van der Waals surface area (Å²) in [5.74, 6) is -0.367. The Labute approximate surface area is 177 Å². The third kappa shape index (κ3) is 4.68. The number of carbonyl (C=O) groups is 3. The lowest BCUT2D eigenvalue weighted by molar-refractivity contribution is -0.130. The Morgan fingerprint density at radius 2 is 1.83 bits per heavy atom. The smallest absolute Gasteiger partial charge is 0.324 e. The van der Waals surface area contributed by atoms with Gasteiger partial charge in [0, 0.05) is 30.4 Å². The molecule has 158 valence electrons. The number of likely N-dealkylation sites (N-methyl/N-ethyl adjacent to an activating group) is 1. The molecule has 7 nitrogen and oxygen atoms in total. The topological polar surface area (TPSA) is 81.8 Å². The predicted molar refractivity (Wildman–Crippen MR) is 116 cm³/mol. The second-order valence-electron chi connectivity index (χ2n) is 8.11. The first-order valence-corrected chi connectivity index (χ1v) is 10.00. The normalized spacial score (nSPS) is 16.5. The molecule has 2 aromatic rings. The molecule has 2 aromatic carbocycles. The van der Waals surface area contributed by atoms with Gasteiger partial charge in [0.25, 0.3) is 11.8 Å². The highest BCUT2D eigenvalue weighted by Gasteiger charge is 2.43. The fourth-order valence-electron chi connectivity index (χ4n) is 3.40. The third-order valence-electron chi connectivity index (χ3n) is 5.44. The lowest BCUT2D eigenvalue weighted by atomic mass is 10.1. The van der Waals surface area contributed by atoms with Crippen LogP contribution in [0.1, 0.15) is 42.7 Å². The highest BCUT2D eigenvalue weighted by Crippen LogP contribution is 2.23. The molecule has 3 rings (SSSR count). The van der Waals surface area contributed by atoms with Gasteiger partial charge in [-0.3, -0.25) is 19.4 Å². The van der Waals surface area contributed by atoms with Crippen molar-refractivity contribution in [3.05, 3.63) is 65.7 Å². The predicted octanol–water partition coefficient (Wildman–Crippen LogP) is 3.26. The highest BCUT2D eigenvalue weighted by atomic mass is 16.2. The molecular formula is C23H28N4O3. The highest BCUT2D eigenvalue weighted by molar-refractivity contribution is 6.06. The summed E-state index contributed by atoms with van der Waals surface area (Å²) in [5, 5.41) is 5.62. The van der Waals surface area contributed by atoms with E-state index in [0.29, 0.717) is 18.7 Å². The van der Waals surface area contributed by atoms with Gasteiger partial charge >= 0.3 is 6.03 Å². The third-order valence-corrected chi connectivity index (χ3v) is 5.44. The van der Waals surface area contributed by atoms with Gasteiger partial charge in [-0.05, 0) is 57.6 Å². The molecule has 1 aliphatic rings. The molecule has 1 atom stereocenters. The molecule has 1 fully saturated rings. The first-order chi connectivity index (χ1) is 14.2. The Morgan fingerprint density at radius 1 is 1.13 bits per heavy atom. The van der Waals surface area contributed by atoms with Crippen molar-refractivity contribution in [3.63, 3.8) is 0 Å². The number of rotatable bonds is 7. The number of carbonyl (C=O) groups excluding carboxylic acids is 3. The minimum atomic E-state index is -0.855. The summed E-state index contributed by atoms with van der Waals surface area (Å²) in [6.07, 6.45) is 0. The standard InChI is InChI=1S/C23H28N4O3/c1-16(26(4)13-14-27-21(29)23(2,3)25-22(27)30)18-11-8-12-19(15-18)24-20(28)17-9-6-5-7-10-17/h5-12,15-16H,13-14H2,1-4H3,(H,24,28)(H,25,30)/t16-/m1/s1. The molecule has 1 saturated heterocycles. The van der Waals surface area contributed by atoms with E-state index in [1.54, 1.807) is 26.0 Å². The second-order valence-corrected chi connectivity index (χ2v) is 8.11. The van der Waals surface area contributed by atoms with E-state index in [-0.39, 0.29) is 23.9 Å². The lowest BCUT2D eigenvalue weighted by Crippen LogP contribution is -2.41. The first-order valence-electron chi connectivity index (χ1n) is 10.00. The lowest BCUT2D eigenvalue weighted by Gasteiger charge is -2.27. The van der Waals surface area contributed by atoms with Crippen molar-refractivity contribution in [2.24, 2.45) is 0 Å². The SMILES string of the molecule is C[C@H](c1cccc(NC(=O)c2ccccc2)c1)N(C)CCN1C(=O)NC(C)(C)C1=O. The summed E-state index contributed by atoms with van der Waals surface area (Å²) in [7, 11) is 1.95.